The van der Waals surface area contributed by atoms with Gasteiger partial charge in [-0.25, -0.2) is 0 Å². The molecule has 0 spiro atoms. The second-order valence-electron chi connectivity index (χ2n) is 5.47. The number of nitrogens with zero attached hydrogens (tertiary/aromatic N) is 1. The van der Waals surface area contributed by atoms with E-state index >= 15 is 0 Å². The molecule has 1 N–H and O–H groups in total. The Hall–Kier alpha value is -1.31. The van der Waals surface area contributed by atoms with Gasteiger partial charge in [0.15, 0.2) is 0 Å². The van der Waals surface area contributed by atoms with Gasteiger partial charge in [-0.1, -0.05) is 11.8 Å². The molecule has 0 bridgehead atoms. The number of carbonyl (C=O) groups is 1. The van der Waals surface area contributed by atoms with Crippen molar-refractivity contribution in [3.8, 4) is 11.8 Å². The van der Waals surface area contributed by atoms with Gasteiger partial charge in [-0.15, -0.1) is 11.3 Å². The van der Waals surface area contributed by atoms with Gasteiger partial charge >= 0.3 is 0 Å². The highest BCUT2D eigenvalue weighted by Gasteiger charge is 2.28. The van der Waals surface area contributed by atoms with Crippen molar-refractivity contribution in [1.29, 1.82) is 0 Å². The van der Waals surface area contributed by atoms with Crippen molar-refractivity contribution in [3.05, 3.63) is 21.9 Å². The molecule has 0 unspecified atom stereocenters. The van der Waals surface area contributed by atoms with E-state index < -0.39 is 0 Å². The van der Waals surface area contributed by atoms with Crippen LogP contribution in [0, 0.1) is 17.8 Å². The summed E-state index contributed by atoms with van der Waals surface area (Å²) >= 11 is 1.49. The molecule has 0 aromatic carbocycles. The third kappa shape index (κ3) is 4.09. The first kappa shape index (κ1) is 15.1. The quantitative estimate of drug-likeness (QED) is 0.847. The Morgan fingerprint density at radius 2 is 2.30 bits per heavy atom. The molecule has 0 atom stereocenters. The van der Waals surface area contributed by atoms with Crippen LogP contribution in [0.25, 0.3) is 0 Å². The lowest BCUT2D eigenvalue weighted by atomic mass is 10.2. The van der Waals surface area contributed by atoms with E-state index in [0.717, 1.165) is 17.0 Å². The molecule has 108 valence electrons. The molecule has 1 heterocycles. The molecule has 4 heteroatoms. The molecular weight excluding hydrogens is 270 g/mol. The summed E-state index contributed by atoms with van der Waals surface area (Å²) in [5, 5.41) is 10.6. The number of aliphatic hydroxyl groups is 1. The average Bonchev–Trinajstić information content (AvgIpc) is 3.12. The van der Waals surface area contributed by atoms with Gasteiger partial charge in [0.1, 0.15) is 0 Å². The third-order valence-corrected chi connectivity index (χ3v) is 4.18. The lowest BCUT2D eigenvalue weighted by Crippen LogP contribution is -2.38. The maximum atomic E-state index is 12.5. The van der Waals surface area contributed by atoms with Crippen molar-refractivity contribution in [2.75, 3.05) is 13.2 Å². The molecule has 2 rings (SSSR count). The molecule has 1 saturated carbocycles. The minimum Gasteiger partial charge on any atom is -0.395 e. The SMILES string of the molecule is CC(C)N(CC1CC1)C(=O)c1csc(C#CCCO)c1. The number of thiophene rings is 1. The summed E-state index contributed by atoms with van der Waals surface area (Å²) < 4.78 is 0. The molecule has 0 aliphatic heterocycles. The Morgan fingerprint density at radius 3 is 2.90 bits per heavy atom. The van der Waals surface area contributed by atoms with Crippen molar-refractivity contribution in [2.24, 2.45) is 5.92 Å². The minimum absolute atomic E-state index is 0.0761. The Kier molecular flexibility index (Phi) is 5.22. The molecule has 1 aromatic rings. The first-order valence-corrected chi connectivity index (χ1v) is 7.99. The smallest absolute Gasteiger partial charge is 0.254 e. The zero-order chi connectivity index (χ0) is 14.5. The second-order valence-corrected chi connectivity index (χ2v) is 6.38. The van der Waals surface area contributed by atoms with Crippen LogP contribution in [0.3, 0.4) is 0 Å². The molecule has 1 aliphatic rings. The predicted molar refractivity (Wildman–Crippen MR) is 81.8 cm³/mol. The Bertz CT molecular complexity index is 520. The molecule has 1 amide bonds. The van der Waals surface area contributed by atoms with Crippen molar-refractivity contribution >= 4 is 17.2 Å². The summed E-state index contributed by atoms with van der Waals surface area (Å²) in [6.45, 7) is 5.08. The van der Waals surface area contributed by atoms with Gasteiger partial charge in [-0.05, 0) is 38.7 Å². The third-order valence-electron chi connectivity index (χ3n) is 3.33. The number of hydrogen-bond acceptors (Lipinski definition) is 3. The Balaban J connectivity index is 2.05. The van der Waals surface area contributed by atoms with Crippen LogP contribution in [0.5, 0.6) is 0 Å². The zero-order valence-electron chi connectivity index (χ0n) is 12.1. The Morgan fingerprint density at radius 1 is 1.55 bits per heavy atom. The van der Waals surface area contributed by atoms with Gasteiger partial charge in [0.05, 0.1) is 17.0 Å². The number of aliphatic hydroxyl groups excluding tert-OH is 1. The molecule has 0 radical (unpaired) electrons. The van der Waals surface area contributed by atoms with Crippen LogP contribution in [0.2, 0.25) is 0 Å². The van der Waals surface area contributed by atoms with E-state index in [1.165, 1.54) is 24.2 Å². The normalized spacial score (nSPS) is 14.0. The lowest BCUT2D eigenvalue weighted by molar-refractivity contribution is 0.0697. The average molecular weight is 291 g/mol. The van der Waals surface area contributed by atoms with Crippen LogP contribution in [0.4, 0.5) is 0 Å². The van der Waals surface area contributed by atoms with Crippen molar-refractivity contribution in [1.82, 2.24) is 4.90 Å². The predicted octanol–water partition coefficient (Wildman–Crippen LogP) is 2.74. The fourth-order valence-corrected chi connectivity index (χ4v) is 2.74. The lowest BCUT2D eigenvalue weighted by Gasteiger charge is -2.26. The van der Waals surface area contributed by atoms with Gasteiger partial charge in [-0.2, -0.15) is 0 Å². The van der Waals surface area contributed by atoms with Crippen LogP contribution in [-0.4, -0.2) is 35.1 Å². The standard InChI is InChI=1S/C16H21NO2S/c1-12(2)17(10-13-6-7-13)16(19)14-9-15(20-11-14)5-3-4-8-18/h9,11-13,18H,4,6-8,10H2,1-2H3. The first-order chi connectivity index (χ1) is 9.61. The maximum absolute atomic E-state index is 12.5. The highest BCUT2D eigenvalue weighted by molar-refractivity contribution is 7.10. The summed E-state index contributed by atoms with van der Waals surface area (Å²) in [6.07, 6.45) is 2.97. The monoisotopic (exact) mass is 291 g/mol. The number of hydrogen-bond donors (Lipinski definition) is 1. The molecule has 20 heavy (non-hydrogen) atoms. The van der Waals surface area contributed by atoms with Gasteiger partial charge < -0.3 is 10.0 Å². The van der Waals surface area contributed by atoms with E-state index in [1.807, 2.05) is 16.3 Å². The van der Waals surface area contributed by atoms with Gasteiger partial charge in [-0.3, -0.25) is 4.79 Å². The molecule has 1 aliphatic carbocycles. The van der Waals surface area contributed by atoms with Crippen LogP contribution >= 0.6 is 11.3 Å². The van der Waals surface area contributed by atoms with Crippen molar-refractivity contribution < 1.29 is 9.90 Å². The van der Waals surface area contributed by atoms with E-state index in [-0.39, 0.29) is 18.6 Å². The zero-order valence-corrected chi connectivity index (χ0v) is 12.9. The van der Waals surface area contributed by atoms with Gasteiger partial charge in [0.2, 0.25) is 0 Å². The van der Waals surface area contributed by atoms with E-state index in [2.05, 4.69) is 25.7 Å². The molecule has 1 fully saturated rings. The first-order valence-electron chi connectivity index (χ1n) is 7.11. The van der Waals surface area contributed by atoms with Crippen LogP contribution in [-0.2, 0) is 0 Å². The maximum Gasteiger partial charge on any atom is 0.254 e. The van der Waals surface area contributed by atoms with Crippen molar-refractivity contribution in [2.45, 2.75) is 39.2 Å². The van der Waals surface area contributed by atoms with E-state index in [9.17, 15) is 4.79 Å². The van der Waals surface area contributed by atoms with Gasteiger partial charge in [0, 0.05) is 24.4 Å². The topological polar surface area (TPSA) is 40.5 Å². The summed E-state index contributed by atoms with van der Waals surface area (Å²) in [5.74, 6) is 6.67. The molecular formula is C16H21NO2S. The Labute approximate surface area is 124 Å². The van der Waals surface area contributed by atoms with Crippen molar-refractivity contribution in [3.63, 3.8) is 0 Å². The summed E-state index contributed by atoms with van der Waals surface area (Å²) in [5.41, 5.74) is 0.734. The largest absolute Gasteiger partial charge is 0.395 e. The molecule has 3 nitrogen and oxygen atoms in total. The van der Waals surface area contributed by atoms with E-state index in [1.54, 1.807) is 0 Å². The van der Waals surface area contributed by atoms with Crippen LogP contribution in [0.15, 0.2) is 11.4 Å². The fourth-order valence-electron chi connectivity index (χ4n) is 1.99. The summed E-state index contributed by atoms with van der Waals surface area (Å²) in [4.78, 5) is 15.4. The van der Waals surface area contributed by atoms with Crippen LogP contribution in [0.1, 0.15) is 48.3 Å². The summed E-state index contributed by atoms with van der Waals surface area (Å²) in [7, 11) is 0. The van der Waals surface area contributed by atoms with Crippen LogP contribution < -0.4 is 0 Å². The van der Waals surface area contributed by atoms with E-state index in [0.29, 0.717) is 12.3 Å². The fraction of sp³-hybridized carbons (Fsp3) is 0.562. The highest BCUT2D eigenvalue weighted by atomic mass is 32.1. The number of carbonyl (C=O) groups excluding carboxylic acids is 1. The number of rotatable bonds is 5. The highest BCUT2D eigenvalue weighted by Crippen LogP contribution is 2.31. The molecule has 0 saturated heterocycles. The number of amides is 1. The molecule has 1 aromatic heterocycles. The minimum atomic E-state index is 0.0761. The second kappa shape index (κ2) is 6.92. The van der Waals surface area contributed by atoms with Gasteiger partial charge in [0.25, 0.3) is 5.91 Å². The summed E-state index contributed by atoms with van der Waals surface area (Å²) in [6, 6.07) is 2.09. The van der Waals surface area contributed by atoms with E-state index in [4.69, 9.17) is 5.11 Å².